The molecule has 0 bridgehead atoms. The van der Waals surface area contributed by atoms with E-state index in [9.17, 15) is 0 Å². The summed E-state index contributed by atoms with van der Waals surface area (Å²) in [5, 5.41) is 0.843. The zero-order valence-corrected chi connectivity index (χ0v) is 7.44. The van der Waals surface area contributed by atoms with Crippen LogP contribution in [0.1, 0.15) is 6.42 Å². The van der Waals surface area contributed by atoms with Gasteiger partial charge in [-0.05, 0) is 24.6 Å². The van der Waals surface area contributed by atoms with Crippen LogP contribution in [0.3, 0.4) is 0 Å². The molecule has 2 N–H and O–H groups in total. The summed E-state index contributed by atoms with van der Waals surface area (Å²) in [4.78, 5) is 3.82. The van der Waals surface area contributed by atoms with Crippen LogP contribution in [0.2, 0.25) is 10.4 Å². The van der Waals surface area contributed by atoms with Crippen molar-refractivity contribution in [2.75, 3.05) is 6.54 Å². The molecule has 1 aromatic rings. The second-order valence-corrected chi connectivity index (χ2v) is 2.89. The molecule has 5 heteroatoms. The van der Waals surface area contributed by atoms with Crippen LogP contribution in [0.4, 0.5) is 0 Å². The Morgan fingerprint density at radius 2 is 2.27 bits per heavy atom. The van der Waals surface area contributed by atoms with Gasteiger partial charge in [-0.15, -0.1) is 0 Å². The van der Waals surface area contributed by atoms with Gasteiger partial charge in [0.25, 0.3) is 0 Å². The highest BCUT2D eigenvalue weighted by molar-refractivity contribution is 6.32. The second-order valence-electron chi connectivity index (χ2n) is 2.17. The van der Waals surface area contributed by atoms with E-state index in [0.29, 0.717) is 17.0 Å². The quantitative estimate of drug-likeness (QED) is 0.792. The molecule has 3 nitrogen and oxygen atoms in total. The maximum Gasteiger partial charge on any atom is 0.204 e. The van der Waals surface area contributed by atoms with Crippen molar-refractivity contribution in [3.8, 4) is 0 Å². The highest BCUT2D eigenvalue weighted by Gasteiger charge is 2.01. The summed E-state index contributed by atoms with van der Waals surface area (Å²) >= 11 is 11.3. The van der Waals surface area contributed by atoms with Gasteiger partial charge in [0.1, 0.15) is 5.15 Å². The molecule has 0 radical (unpaired) electrons. The molecule has 1 heterocycles. The predicted molar refractivity (Wildman–Crippen MR) is 45.9 cm³/mol. The number of imidazole rings is 1. The third-order valence-electron chi connectivity index (χ3n) is 1.30. The third kappa shape index (κ3) is 2.36. The fourth-order valence-electron chi connectivity index (χ4n) is 0.782. The Morgan fingerprint density at radius 3 is 2.73 bits per heavy atom. The van der Waals surface area contributed by atoms with Crippen LogP contribution in [0.5, 0.6) is 0 Å². The fraction of sp³-hybridized carbons (Fsp3) is 0.500. The minimum absolute atomic E-state index is 0.420. The molecule has 0 unspecified atom stereocenters. The van der Waals surface area contributed by atoms with Gasteiger partial charge in [-0.25, -0.2) is 4.98 Å². The minimum Gasteiger partial charge on any atom is -0.330 e. The van der Waals surface area contributed by atoms with E-state index in [1.165, 1.54) is 0 Å². The number of halogens is 2. The molecular formula is C6H9Cl2N3. The van der Waals surface area contributed by atoms with Crippen molar-refractivity contribution in [2.24, 2.45) is 5.73 Å². The number of nitrogens with two attached hydrogens (primary N) is 1. The Balaban J connectivity index is 2.62. The van der Waals surface area contributed by atoms with E-state index < -0.39 is 0 Å². The van der Waals surface area contributed by atoms with Crippen molar-refractivity contribution in [1.29, 1.82) is 0 Å². The van der Waals surface area contributed by atoms with E-state index in [1.807, 2.05) is 0 Å². The molecule has 1 rings (SSSR count). The van der Waals surface area contributed by atoms with Crippen LogP contribution >= 0.6 is 23.2 Å². The summed E-state index contributed by atoms with van der Waals surface area (Å²) in [6.45, 7) is 1.42. The number of hydrogen-bond donors (Lipinski definition) is 1. The number of rotatable bonds is 3. The van der Waals surface area contributed by atoms with Crippen molar-refractivity contribution < 1.29 is 0 Å². The molecule has 0 spiro atoms. The maximum atomic E-state index is 5.71. The van der Waals surface area contributed by atoms with Crippen LogP contribution in [0.25, 0.3) is 0 Å². The fourth-order valence-corrected chi connectivity index (χ4v) is 1.25. The Hall–Kier alpha value is -0.250. The van der Waals surface area contributed by atoms with Crippen molar-refractivity contribution in [2.45, 2.75) is 13.0 Å². The lowest BCUT2D eigenvalue weighted by atomic mass is 10.4. The Labute approximate surface area is 75.1 Å². The molecule has 0 fully saturated rings. The predicted octanol–water partition coefficient (Wildman–Crippen LogP) is 1.54. The van der Waals surface area contributed by atoms with E-state index >= 15 is 0 Å². The van der Waals surface area contributed by atoms with Crippen molar-refractivity contribution >= 4 is 23.2 Å². The molecule has 0 saturated heterocycles. The van der Waals surface area contributed by atoms with Crippen molar-refractivity contribution in [3.63, 3.8) is 0 Å². The first-order valence-corrected chi connectivity index (χ1v) is 4.08. The summed E-state index contributed by atoms with van der Waals surface area (Å²) < 4.78 is 1.77. The highest BCUT2D eigenvalue weighted by atomic mass is 35.5. The summed E-state index contributed by atoms with van der Waals surface area (Å²) in [5.74, 6) is 0. The molecule has 0 aliphatic carbocycles. The Kier molecular flexibility index (Phi) is 3.17. The SMILES string of the molecule is NCCCn1cc(Cl)nc1Cl. The van der Waals surface area contributed by atoms with Crippen LogP contribution in [0.15, 0.2) is 6.20 Å². The lowest BCUT2D eigenvalue weighted by molar-refractivity contribution is 0.651. The van der Waals surface area contributed by atoms with Crippen LogP contribution in [-0.2, 0) is 6.54 Å². The van der Waals surface area contributed by atoms with E-state index in [0.717, 1.165) is 13.0 Å². The summed E-state index contributed by atoms with van der Waals surface area (Å²) in [7, 11) is 0. The van der Waals surface area contributed by atoms with E-state index in [2.05, 4.69) is 4.98 Å². The third-order valence-corrected chi connectivity index (χ3v) is 1.79. The molecule has 1 aromatic heterocycles. The molecule has 0 saturated carbocycles. The first kappa shape index (κ1) is 8.84. The Bertz CT molecular complexity index is 234. The van der Waals surface area contributed by atoms with Crippen LogP contribution in [0, 0.1) is 0 Å². The van der Waals surface area contributed by atoms with Gasteiger partial charge < -0.3 is 10.3 Å². The van der Waals surface area contributed by atoms with E-state index in [1.54, 1.807) is 10.8 Å². The Morgan fingerprint density at radius 1 is 1.55 bits per heavy atom. The maximum absolute atomic E-state index is 5.71. The van der Waals surface area contributed by atoms with E-state index in [4.69, 9.17) is 28.9 Å². The smallest absolute Gasteiger partial charge is 0.204 e. The molecular weight excluding hydrogens is 185 g/mol. The molecule has 0 aliphatic heterocycles. The number of aromatic nitrogens is 2. The summed E-state index contributed by atoms with van der Waals surface area (Å²) in [6.07, 6.45) is 2.58. The normalized spacial score (nSPS) is 10.5. The van der Waals surface area contributed by atoms with Crippen LogP contribution in [-0.4, -0.2) is 16.1 Å². The van der Waals surface area contributed by atoms with Gasteiger partial charge in [0, 0.05) is 12.7 Å². The molecule has 0 atom stereocenters. The standard InChI is InChI=1S/C6H9Cl2N3/c7-5-4-11(3-1-2-9)6(8)10-5/h4H,1-3,9H2. The second kappa shape index (κ2) is 3.95. The van der Waals surface area contributed by atoms with Crippen molar-refractivity contribution in [3.05, 3.63) is 16.6 Å². The van der Waals surface area contributed by atoms with Gasteiger partial charge in [-0.1, -0.05) is 11.6 Å². The van der Waals surface area contributed by atoms with Gasteiger partial charge in [0.05, 0.1) is 0 Å². The molecule has 11 heavy (non-hydrogen) atoms. The average Bonchev–Trinajstić information content (AvgIpc) is 2.26. The average molecular weight is 194 g/mol. The number of aryl methyl sites for hydroxylation is 1. The minimum atomic E-state index is 0.420. The molecule has 0 aliphatic rings. The van der Waals surface area contributed by atoms with E-state index in [-0.39, 0.29) is 0 Å². The van der Waals surface area contributed by atoms with Crippen LogP contribution < -0.4 is 5.73 Å². The molecule has 0 aromatic carbocycles. The molecule has 62 valence electrons. The van der Waals surface area contributed by atoms with Gasteiger partial charge in [0.15, 0.2) is 0 Å². The zero-order chi connectivity index (χ0) is 8.27. The first-order valence-electron chi connectivity index (χ1n) is 3.32. The number of nitrogens with zero attached hydrogens (tertiary/aromatic N) is 2. The summed E-state index contributed by atoms with van der Waals surface area (Å²) in [5.41, 5.74) is 5.32. The lowest BCUT2D eigenvalue weighted by Gasteiger charge is -1.99. The van der Waals surface area contributed by atoms with Gasteiger partial charge in [0.2, 0.25) is 5.28 Å². The monoisotopic (exact) mass is 193 g/mol. The number of hydrogen-bond acceptors (Lipinski definition) is 2. The van der Waals surface area contributed by atoms with Crippen molar-refractivity contribution in [1.82, 2.24) is 9.55 Å². The molecule has 0 amide bonds. The van der Waals surface area contributed by atoms with Gasteiger partial charge in [-0.2, -0.15) is 0 Å². The zero-order valence-electron chi connectivity index (χ0n) is 5.93. The lowest BCUT2D eigenvalue weighted by Crippen LogP contribution is -2.04. The highest BCUT2D eigenvalue weighted by Crippen LogP contribution is 2.13. The topological polar surface area (TPSA) is 43.8 Å². The van der Waals surface area contributed by atoms with Gasteiger partial charge >= 0.3 is 0 Å². The largest absolute Gasteiger partial charge is 0.330 e. The van der Waals surface area contributed by atoms with Gasteiger partial charge in [-0.3, -0.25) is 0 Å². The summed E-state index contributed by atoms with van der Waals surface area (Å²) in [6, 6.07) is 0. The first-order chi connectivity index (χ1) is 5.24.